The average molecular weight is 355 g/mol. The minimum absolute atomic E-state index is 0.0335. The quantitative estimate of drug-likeness (QED) is 0.813. The largest absolute Gasteiger partial charge is 0.383 e. The molecule has 0 heterocycles. The van der Waals surface area contributed by atoms with E-state index in [1.165, 1.54) is 7.11 Å². The van der Waals surface area contributed by atoms with Crippen molar-refractivity contribution in [2.24, 2.45) is 5.14 Å². The lowest BCUT2D eigenvalue weighted by molar-refractivity contribution is 0.0894. The molecular formula is C12H16Cl2N2O4S. The van der Waals surface area contributed by atoms with E-state index in [1.54, 1.807) is 0 Å². The molecule has 1 unspecified atom stereocenters. The zero-order chi connectivity index (χ0) is 16.2. The topological polar surface area (TPSA) is 98.5 Å². The molecule has 1 amide bonds. The van der Waals surface area contributed by atoms with Gasteiger partial charge in [-0.3, -0.25) is 4.79 Å². The number of rotatable bonds is 6. The third-order valence-corrected chi connectivity index (χ3v) is 4.47. The number of carbonyl (C=O) groups is 1. The van der Waals surface area contributed by atoms with Gasteiger partial charge in [-0.25, -0.2) is 13.6 Å². The summed E-state index contributed by atoms with van der Waals surface area (Å²) >= 11 is 11.8. The number of carbonyl (C=O) groups excluding carboxylic acids is 1. The molecule has 0 saturated carbocycles. The zero-order valence-electron chi connectivity index (χ0n) is 11.5. The number of sulfonamides is 1. The van der Waals surface area contributed by atoms with Crippen molar-refractivity contribution in [2.45, 2.75) is 24.3 Å². The van der Waals surface area contributed by atoms with E-state index < -0.39 is 15.9 Å². The zero-order valence-corrected chi connectivity index (χ0v) is 13.8. The van der Waals surface area contributed by atoms with Gasteiger partial charge in [-0.15, -0.1) is 0 Å². The number of benzene rings is 1. The fourth-order valence-electron chi connectivity index (χ4n) is 1.62. The minimum atomic E-state index is -3.99. The van der Waals surface area contributed by atoms with Gasteiger partial charge in [0.05, 0.1) is 33.2 Å². The molecule has 21 heavy (non-hydrogen) atoms. The molecule has 6 nitrogen and oxygen atoms in total. The predicted molar refractivity (Wildman–Crippen MR) is 81.3 cm³/mol. The van der Waals surface area contributed by atoms with E-state index in [2.05, 4.69) is 5.32 Å². The van der Waals surface area contributed by atoms with Crippen LogP contribution >= 0.6 is 23.2 Å². The van der Waals surface area contributed by atoms with Crippen LogP contribution in [-0.2, 0) is 14.8 Å². The highest BCUT2D eigenvalue weighted by Gasteiger charge is 2.20. The Morgan fingerprint density at radius 3 is 2.52 bits per heavy atom. The molecule has 0 aliphatic carbocycles. The monoisotopic (exact) mass is 354 g/mol. The van der Waals surface area contributed by atoms with Crippen molar-refractivity contribution >= 4 is 39.1 Å². The van der Waals surface area contributed by atoms with Crippen LogP contribution in [0.2, 0.25) is 10.0 Å². The Hall–Kier alpha value is -0.860. The summed E-state index contributed by atoms with van der Waals surface area (Å²) in [5.74, 6) is -0.545. The standard InChI is InChI=1S/C12H16Cl2N2O4S/c1-3-7(6-20-2)16-12(17)9-4-8(21(15,18)19)5-10(13)11(9)14/h4-5,7H,3,6H2,1-2H3,(H,16,17)(H2,15,18,19). The molecule has 0 radical (unpaired) electrons. The fourth-order valence-corrected chi connectivity index (χ4v) is 2.66. The van der Waals surface area contributed by atoms with E-state index in [4.69, 9.17) is 33.1 Å². The number of hydrogen-bond acceptors (Lipinski definition) is 4. The molecule has 0 aliphatic heterocycles. The predicted octanol–water partition coefficient (Wildman–Crippen LogP) is 1.80. The normalized spacial score (nSPS) is 13.0. The third kappa shape index (κ3) is 4.82. The average Bonchev–Trinajstić information content (AvgIpc) is 2.39. The Morgan fingerprint density at radius 1 is 1.43 bits per heavy atom. The molecule has 3 N–H and O–H groups in total. The van der Waals surface area contributed by atoms with Crippen molar-refractivity contribution < 1.29 is 17.9 Å². The van der Waals surface area contributed by atoms with Gasteiger partial charge in [0.15, 0.2) is 0 Å². The molecule has 1 aromatic carbocycles. The fraction of sp³-hybridized carbons (Fsp3) is 0.417. The SMILES string of the molecule is CCC(COC)NC(=O)c1cc(S(N)(=O)=O)cc(Cl)c1Cl. The van der Waals surface area contributed by atoms with Gasteiger partial charge in [-0.1, -0.05) is 30.1 Å². The van der Waals surface area contributed by atoms with Crippen molar-refractivity contribution in [1.82, 2.24) is 5.32 Å². The molecule has 0 bridgehead atoms. The molecule has 9 heteroatoms. The highest BCUT2D eigenvalue weighted by molar-refractivity contribution is 7.89. The Morgan fingerprint density at radius 2 is 2.05 bits per heavy atom. The molecular weight excluding hydrogens is 339 g/mol. The number of methoxy groups -OCH3 is 1. The minimum Gasteiger partial charge on any atom is -0.383 e. The maximum atomic E-state index is 12.2. The molecule has 1 atom stereocenters. The first-order valence-electron chi connectivity index (χ1n) is 6.02. The van der Waals surface area contributed by atoms with Crippen LogP contribution in [0, 0.1) is 0 Å². The molecule has 0 spiro atoms. The first kappa shape index (κ1) is 18.2. The van der Waals surface area contributed by atoms with Crippen LogP contribution in [0.4, 0.5) is 0 Å². The Balaban J connectivity index is 3.17. The van der Waals surface area contributed by atoms with Gasteiger partial charge < -0.3 is 10.1 Å². The summed E-state index contributed by atoms with van der Waals surface area (Å²) in [6.45, 7) is 2.20. The van der Waals surface area contributed by atoms with Crippen LogP contribution in [0.5, 0.6) is 0 Å². The van der Waals surface area contributed by atoms with Crippen molar-refractivity contribution in [2.75, 3.05) is 13.7 Å². The molecule has 1 rings (SSSR count). The summed E-state index contributed by atoms with van der Waals surface area (Å²) in [4.78, 5) is 11.9. The van der Waals surface area contributed by atoms with Gasteiger partial charge in [-0.2, -0.15) is 0 Å². The summed E-state index contributed by atoms with van der Waals surface area (Å²) in [6.07, 6.45) is 0.639. The lowest BCUT2D eigenvalue weighted by Gasteiger charge is -2.17. The summed E-state index contributed by atoms with van der Waals surface area (Å²) < 4.78 is 27.7. The number of amides is 1. The lowest BCUT2D eigenvalue weighted by Crippen LogP contribution is -2.37. The second-order valence-electron chi connectivity index (χ2n) is 4.35. The number of hydrogen-bond donors (Lipinski definition) is 2. The van der Waals surface area contributed by atoms with Crippen LogP contribution in [0.15, 0.2) is 17.0 Å². The van der Waals surface area contributed by atoms with Gasteiger partial charge >= 0.3 is 0 Å². The van der Waals surface area contributed by atoms with E-state index in [0.29, 0.717) is 13.0 Å². The van der Waals surface area contributed by atoms with Crippen LogP contribution in [0.1, 0.15) is 23.7 Å². The highest BCUT2D eigenvalue weighted by atomic mass is 35.5. The van der Waals surface area contributed by atoms with Crippen LogP contribution in [0.3, 0.4) is 0 Å². The molecule has 0 fully saturated rings. The first-order chi connectivity index (χ1) is 9.70. The lowest BCUT2D eigenvalue weighted by atomic mass is 10.1. The number of halogens is 2. The second kappa shape index (κ2) is 7.42. The molecule has 1 aromatic rings. The summed E-state index contributed by atoms with van der Waals surface area (Å²) in [6, 6.07) is 1.97. The van der Waals surface area contributed by atoms with Gasteiger partial charge in [0.25, 0.3) is 5.91 Å². The molecule has 0 aliphatic rings. The summed E-state index contributed by atoms with van der Waals surface area (Å²) in [7, 11) is -2.48. The molecule has 0 aromatic heterocycles. The Labute approximate surface area is 133 Å². The van der Waals surface area contributed by atoms with E-state index in [9.17, 15) is 13.2 Å². The highest BCUT2D eigenvalue weighted by Crippen LogP contribution is 2.29. The van der Waals surface area contributed by atoms with Gasteiger partial charge in [0.2, 0.25) is 10.0 Å². The maximum absolute atomic E-state index is 12.2. The van der Waals surface area contributed by atoms with Crippen LogP contribution < -0.4 is 10.5 Å². The van der Waals surface area contributed by atoms with Crippen molar-refractivity contribution in [3.63, 3.8) is 0 Å². The Kier molecular flexibility index (Phi) is 6.42. The number of nitrogens with one attached hydrogen (secondary N) is 1. The van der Waals surface area contributed by atoms with Crippen molar-refractivity contribution in [1.29, 1.82) is 0 Å². The number of primary sulfonamides is 1. The first-order valence-corrected chi connectivity index (χ1v) is 8.32. The summed E-state index contributed by atoms with van der Waals surface area (Å²) in [5, 5.41) is 7.63. The smallest absolute Gasteiger partial charge is 0.253 e. The number of ether oxygens (including phenoxy) is 1. The summed E-state index contributed by atoms with van der Waals surface area (Å²) in [5.41, 5.74) is -0.0530. The Bertz CT molecular complexity index is 634. The van der Waals surface area contributed by atoms with Crippen LogP contribution in [-0.4, -0.2) is 34.1 Å². The molecule has 118 valence electrons. The third-order valence-electron chi connectivity index (χ3n) is 2.77. The van der Waals surface area contributed by atoms with Crippen LogP contribution in [0.25, 0.3) is 0 Å². The van der Waals surface area contributed by atoms with Crippen molar-refractivity contribution in [3.8, 4) is 0 Å². The van der Waals surface area contributed by atoms with Gasteiger partial charge in [0, 0.05) is 7.11 Å². The number of nitrogens with two attached hydrogens (primary N) is 1. The van der Waals surface area contributed by atoms with E-state index in [-0.39, 0.29) is 26.5 Å². The van der Waals surface area contributed by atoms with E-state index in [1.807, 2.05) is 6.92 Å². The van der Waals surface area contributed by atoms with Crippen molar-refractivity contribution in [3.05, 3.63) is 27.7 Å². The van der Waals surface area contributed by atoms with Gasteiger partial charge in [-0.05, 0) is 18.6 Å². The second-order valence-corrected chi connectivity index (χ2v) is 6.69. The van der Waals surface area contributed by atoms with E-state index in [0.717, 1.165) is 12.1 Å². The van der Waals surface area contributed by atoms with Gasteiger partial charge in [0.1, 0.15) is 0 Å². The molecule has 0 saturated heterocycles. The maximum Gasteiger partial charge on any atom is 0.253 e. The van der Waals surface area contributed by atoms with E-state index >= 15 is 0 Å².